The normalized spacial score (nSPS) is 41.1. The number of methoxy groups -OCH3 is 1. The maximum atomic E-state index is 13.5. The first-order chi connectivity index (χ1) is 16.4. The number of rotatable bonds is 7. The Balaban J connectivity index is 1.38. The number of nitrogens with zero attached hydrogens (tertiary/aromatic N) is 1. The molecule has 5 aliphatic rings. The van der Waals surface area contributed by atoms with Crippen molar-refractivity contribution >= 4 is 23.8 Å². The molecule has 10 unspecified atom stereocenters. The fourth-order valence-electron chi connectivity index (χ4n) is 7.34. The van der Waals surface area contributed by atoms with Gasteiger partial charge >= 0.3 is 17.9 Å². The van der Waals surface area contributed by atoms with Crippen molar-refractivity contribution in [1.82, 2.24) is 4.90 Å². The third kappa shape index (κ3) is 3.72. The molecule has 0 spiro atoms. The van der Waals surface area contributed by atoms with E-state index in [4.69, 9.17) is 18.9 Å². The SMILES string of the molecule is COC(=O)C1C2CC3C1C(=O)N(C(C)C)C3C2OC(=O)C1C2CCC(O2)C1C(=O)OCC(C)(F)F. The number of hydrogen-bond donors (Lipinski definition) is 0. The van der Waals surface area contributed by atoms with Crippen LogP contribution in [0.2, 0.25) is 0 Å². The van der Waals surface area contributed by atoms with Gasteiger partial charge in [0.2, 0.25) is 5.91 Å². The van der Waals surface area contributed by atoms with Gasteiger partial charge in [-0.15, -0.1) is 0 Å². The molecule has 11 heteroatoms. The van der Waals surface area contributed by atoms with Crippen LogP contribution in [-0.4, -0.2) is 78.7 Å². The number of esters is 3. The fraction of sp³-hybridized carbons (Fsp3) is 0.833. The second kappa shape index (κ2) is 8.38. The number of alkyl halides is 2. The smallest absolute Gasteiger partial charge is 0.312 e. The van der Waals surface area contributed by atoms with Crippen LogP contribution in [0.5, 0.6) is 0 Å². The number of ether oxygens (including phenoxy) is 4. The van der Waals surface area contributed by atoms with E-state index in [0.29, 0.717) is 26.2 Å². The molecular weight excluding hydrogens is 468 g/mol. The highest BCUT2D eigenvalue weighted by molar-refractivity contribution is 5.90. The molecule has 1 amide bonds. The van der Waals surface area contributed by atoms with Crippen molar-refractivity contribution in [2.75, 3.05) is 13.7 Å². The summed E-state index contributed by atoms with van der Waals surface area (Å²) < 4.78 is 48.1. The van der Waals surface area contributed by atoms with Gasteiger partial charge in [-0.25, -0.2) is 8.78 Å². The second-order valence-electron chi connectivity index (χ2n) is 10.9. The number of likely N-dealkylation sites (tertiary alicyclic amines) is 1. The van der Waals surface area contributed by atoms with Crippen LogP contribution >= 0.6 is 0 Å². The number of carbonyl (C=O) groups excluding carboxylic acids is 4. The Morgan fingerprint density at radius 2 is 1.69 bits per heavy atom. The Kier molecular flexibility index (Phi) is 5.84. The lowest BCUT2D eigenvalue weighted by Crippen LogP contribution is -2.50. The molecule has 4 bridgehead atoms. The van der Waals surface area contributed by atoms with Crippen LogP contribution in [0.4, 0.5) is 8.78 Å². The molecule has 3 saturated heterocycles. The summed E-state index contributed by atoms with van der Waals surface area (Å²) in [5.74, 6) is -9.09. The molecule has 3 heterocycles. The largest absolute Gasteiger partial charge is 0.469 e. The van der Waals surface area contributed by atoms with Gasteiger partial charge < -0.3 is 23.8 Å². The van der Waals surface area contributed by atoms with Gasteiger partial charge in [0.05, 0.1) is 49.0 Å². The van der Waals surface area contributed by atoms with E-state index < -0.39 is 72.4 Å². The van der Waals surface area contributed by atoms with Gasteiger partial charge in [-0.2, -0.15) is 0 Å². The highest BCUT2D eigenvalue weighted by Crippen LogP contribution is 2.60. The topological polar surface area (TPSA) is 108 Å². The molecule has 2 saturated carbocycles. The molecule has 2 aliphatic carbocycles. The predicted molar refractivity (Wildman–Crippen MR) is 113 cm³/mol. The number of carbonyl (C=O) groups is 4. The number of halogens is 2. The highest BCUT2D eigenvalue weighted by atomic mass is 19.3. The lowest BCUT2D eigenvalue weighted by atomic mass is 9.77. The minimum absolute atomic E-state index is 0.124. The molecule has 0 aromatic heterocycles. The van der Waals surface area contributed by atoms with Gasteiger partial charge in [-0.3, -0.25) is 19.2 Å². The zero-order valence-corrected chi connectivity index (χ0v) is 20.1. The van der Waals surface area contributed by atoms with Crippen molar-refractivity contribution in [3.8, 4) is 0 Å². The molecule has 5 fully saturated rings. The lowest BCUT2D eigenvalue weighted by Gasteiger charge is -2.36. The van der Waals surface area contributed by atoms with Crippen LogP contribution in [0.15, 0.2) is 0 Å². The molecule has 194 valence electrons. The monoisotopic (exact) mass is 499 g/mol. The van der Waals surface area contributed by atoms with Crippen molar-refractivity contribution in [2.45, 2.75) is 76.4 Å². The molecule has 0 aromatic rings. The van der Waals surface area contributed by atoms with Crippen LogP contribution in [-0.2, 0) is 38.1 Å². The number of amides is 1. The Hall–Kier alpha value is -2.30. The van der Waals surface area contributed by atoms with Crippen LogP contribution in [0.3, 0.4) is 0 Å². The minimum Gasteiger partial charge on any atom is -0.469 e. The van der Waals surface area contributed by atoms with Gasteiger partial charge in [-0.05, 0) is 39.0 Å². The first-order valence-corrected chi connectivity index (χ1v) is 12.2. The maximum absolute atomic E-state index is 13.5. The van der Waals surface area contributed by atoms with Crippen molar-refractivity contribution in [2.24, 2.45) is 35.5 Å². The molecular formula is C24H31F2NO8. The molecule has 0 aromatic carbocycles. The Morgan fingerprint density at radius 1 is 1.06 bits per heavy atom. The molecule has 0 N–H and O–H groups in total. The summed E-state index contributed by atoms with van der Waals surface area (Å²) in [6.07, 6.45) is -0.259. The van der Waals surface area contributed by atoms with E-state index in [2.05, 4.69) is 0 Å². The van der Waals surface area contributed by atoms with Gasteiger partial charge in [0.1, 0.15) is 6.10 Å². The van der Waals surface area contributed by atoms with Crippen LogP contribution in [0.1, 0.15) is 40.0 Å². The Bertz CT molecular complexity index is 935. The molecule has 35 heavy (non-hydrogen) atoms. The molecule has 0 radical (unpaired) electrons. The maximum Gasteiger partial charge on any atom is 0.312 e. The van der Waals surface area contributed by atoms with Gasteiger partial charge in [0.15, 0.2) is 6.61 Å². The average molecular weight is 500 g/mol. The van der Waals surface area contributed by atoms with E-state index in [-0.39, 0.29) is 29.8 Å². The van der Waals surface area contributed by atoms with Crippen LogP contribution in [0.25, 0.3) is 0 Å². The number of hydrogen-bond acceptors (Lipinski definition) is 8. The summed E-state index contributed by atoms with van der Waals surface area (Å²) in [7, 11) is 1.27. The molecule has 5 rings (SSSR count). The summed E-state index contributed by atoms with van der Waals surface area (Å²) in [6, 6.07) is -0.508. The minimum atomic E-state index is -3.19. The van der Waals surface area contributed by atoms with Crippen molar-refractivity contribution in [1.29, 1.82) is 0 Å². The predicted octanol–water partition coefficient (Wildman–Crippen LogP) is 1.56. The van der Waals surface area contributed by atoms with Crippen molar-refractivity contribution in [3.63, 3.8) is 0 Å². The summed E-state index contributed by atoms with van der Waals surface area (Å²) >= 11 is 0. The third-order valence-electron chi connectivity index (χ3n) is 8.48. The molecule has 9 nitrogen and oxygen atoms in total. The first-order valence-electron chi connectivity index (χ1n) is 12.2. The van der Waals surface area contributed by atoms with E-state index >= 15 is 0 Å². The standard InChI is InChI=1S/C24H31F2NO8/c1-9(2)27-18-10-7-11(15(21(29)32-4)14(10)20(27)28)19(18)35-23(31)17-13-6-5-12(34-13)16(17)22(30)33-8-24(3,25)26/h9-19H,5-8H2,1-4H3. The van der Waals surface area contributed by atoms with E-state index in [1.165, 1.54) is 7.11 Å². The van der Waals surface area contributed by atoms with Crippen LogP contribution < -0.4 is 0 Å². The van der Waals surface area contributed by atoms with E-state index in [1.54, 1.807) is 4.90 Å². The van der Waals surface area contributed by atoms with Gasteiger partial charge in [0.25, 0.3) is 5.92 Å². The van der Waals surface area contributed by atoms with Gasteiger partial charge in [-0.1, -0.05) is 0 Å². The lowest BCUT2D eigenvalue weighted by molar-refractivity contribution is -0.173. The molecule has 3 aliphatic heterocycles. The van der Waals surface area contributed by atoms with Gasteiger partial charge in [0, 0.05) is 18.9 Å². The highest BCUT2D eigenvalue weighted by Gasteiger charge is 2.71. The number of fused-ring (bicyclic) bond motifs is 3. The van der Waals surface area contributed by atoms with Crippen molar-refractivity contribution < 1.29 is 46.9 Å². The van der Waals surface area contributed by atoms with Crippen molar-refractivity contribution in [3.05, 3.63) is 0 Å². The molecule has 10 atom stereocenters. The zero-order valence-electron chi connectivity index (χ0n) is 20.1. The zero-order chi connectivity index (χ0) is 25.4. The fourth-order valence-corrected chi connectivity index (χ4v) is 7.34. The Morgan fingerprint density at radius 3 is 2.26 bits per heavy atom. The summed E-state index contributed by atoms with van der Waals surface area (Å²) in [5.41, 5.74) is 0. The third-order valence-corrected chi connectivity index (χ3v) is 8.48. The van der Waals surface area contributed by atoms with Crippen LogP contribution in [0, 0.1) is 35.5 Å². The van der Waals surface area contributed by atoms with E-state index in [9.17, 15) is 28.0 Å². The summed E-state index contributed by atoms with van der Waals surface area (Å²) in [5, 5.41) is 0. The Labute approximate surface area is 201 Å². The van der Waals surface area contributed by atoms with E-state index in [1.807, 2.05) is 13.8 Å². The quantitative estimate of drug-likeness (QED) is 0.384. The van der Waals surface area contributed by atoms with E-state index in [0.717, 1.165) is 0 Å². The first kappa shape index (κ1) is 24.4. The average Bonchev–Trinajstić information content (AvgIpc) is 3.57. The summed E-state index contributed by atoms with van der Waals surface area (Å²) in [4.78, 5) is 53.7. The summed E-state index contributed by atoms with van der Waals surface area (Å²) in [6.45, 7) is 3.32. The second-order valence-corrected chi connectivity index (χ2v) is 10.9.